The van der Waals surface area contributed by atoms with Gasteiger partial charge in [-0.3, -0.25) is 5.01 Å². The Morgan fingerprint density at radius 2 is 1.71 bits per heavy atom. The van der Waals surface area contributed by atoms with Crippen LogP contribution in [0.1, 0.15) is 16.7 Å². The topological polar surface area (TPSA) is 81.5 Å². The highest BCUT2D eigenvalue weighted by molar-refractivity contribution is 5.50. The zero-order valence-corrected chi connectivity index (χ0v) is 12.5. The molecule has 0 N–H and O–H groups in total. The first-order chi connectivity index (χ1) is 11.7. The molecule has 3 aromatic rings. The second kappa shape index (κ2) is 6.59. The molecule has 0 saturated heterocycles. The molecule has 0 fully saturated rings. The molecule has 3 rings (SSSR count). The van der Waals surface area contributed by atoms with Crippen molar-refractivity contribution >= 4 is 5.69 Å². The van der Waals surface area contributed by atoms with Crippen LogP contribution in [0, 0.1) is 28.5 Å². The van der Waals surface area contributed by atoms with Crippen LogP contribution in [-0.2, 0) is 6.54 Å². The first-order valence-corrected chi connectivity index (χ1v) is 7.03. The molecular formula is C17H11FN6. The van der Waals surface area contributed by atoms with Gasteiger partial charge in [-0.1, -0.05) is 12.1 Å². The summed E-state index contributed by atoms with van der Waals surface area (Å²) >= 11 is 0. The first-order valence-electron chi connectivity index (χ1n) is 7.03. The van der Waals surface area contributed by atoms with Gasteiger partial charge in [0.1, 0.15) is 24.5 Å². The van der Waals surface area contributed by atoms with Gasteiger partial charge in [0.25, 0.3) is 0 Å². The summed E-state index contributed by atoms with van der Waals surface area (Å²) < 4.78 is 16.0. The molecule has 0 aliphatic heterocycles. The van der Waals surface area contributed by atoms with E-state index in [1.54, 1.807) is 46.1 Å². The van der Waals surface area contributed by atoms with Crippen molar-refractivity contribution in [2.24, 2.45) is 0 Å². The molecule has 24 heavy (non-hydrogen) atoms. The molecule has 0 unspecified atom stereocenters. The molecule has 1 heterocycles. The molecule has 0 amide bonds. The SMILES string of the molecule is N#Cc1ccc(N(Cc2cccc(C#N)c2F)n2cnnc2)cc1. The Hall–Kier alpha value is -3.71. The Bertz CT molecular complexity index is 919. The van der Waals surface area contributed by atoms with Crippen LogP contribution in [0.5, 0.6) is 0 Å². The second-order valence-electron chi connectivity index (χ2n) is 4.95. The van der Waals surface area contributed by atoms with Crippen molar-refractivity contribution in [3.05, 3.63) is 77.6 Å². The maximum atomic E-state index is 14.4. The second-order valence-corrected chi connectivity index (χ2v) is 4.95. The van der Waals surface area contributed by atoms with Gasteiger partial charge in [-0.05, 0) is 30.3 Å². The standard InChI is InChI=1S/C17H11FN6/c18-17-14(9-20)2-1-3-15(17)10-24(23-11-21-22-12-23)16-6-4-13(8-19)5-7-16/h1-7,11-12H,10H2. The number of hydrogen-bond acceptors (Lipinski definition) is 5. The fourth-order valence-electron chi connectivity index (χ4n) is 2.28. The summed E-state index contributed by atoms with van der Waals surface area (Å²) in [5.74, 6) is -0.549. The monoisotopic (exact) mass is 318 g/mol. The lowest BCUT2D eigenvalue weighted by Crippen LogP contribution is -2.28. The fourth-order valence-corrected chi connectivity index (χ4v) is 2.28. The van der Waals surface area contributed by atoms with Crippen LogP contribution in [0.25, 0.3) is 0 Å². The molecule has 0 saturated carbocycles. The van der Waals surface area contributed by atoms with Gasteiger partial charge >= 0.3 is 0 Å². The van der Waals surface area contributed by atoms with Crippen LogP contribution in [0.4, 0.5) is 10.1 Å². The van der Waals surface area contributed by atoms with Crippen LogP contribution in [0.15, 0.2) is 55.1 Å². The Morgan fingerprint density at radius 1 is 1.00 bits per heavy atom. The van der Waals surface area contributed by atoms with Crippen molar-refractivity contribution in [2.75, 3.05) is 5.01 Å². The molecule has 0 radical (unpaired) electrons. The minimum absolute atomic E-state index is 0.00367. The average Bonchev–Trinajstić information content (AvgIpc) is 3.15. The van der Waals surface area contributed by atoms with E-state index in [4.69, 9.17) is 10.5 Å². The minimum atomic E-state index is -0.549. The zero-order chi connectivity index (χ0) is 16.9. The van der Waals surface area contributed by atoms with Gasteiger partial charge in [0, 0.05) is 5.56 Å². The number of rotatable bonds is 4. The minimum Gasteiger partial charge on any atom is -0.274 e. The zero-order valence-electron chi connectivity index (χ0n) is 12.5. The highest BCUT2D eigenvalue weighted by Crippen LogP contribution is 2.21. The third kappa shape index (κ3) is 2.92. The van der Waals surface area contributed by atoms with Crippen LogP contribution in [0.3, 0.4) is 0 Å². The van der Waals surface area contributed by atoms with Crippen LogP contribution < -0.4 is 5.01 Å². The summed E-state index contributed by atoms with van der Waals surface area (Å²) in [7, 11) is 0. The van der Waals surface area contributed by atoms with Crippen LogP contribution in [0.2, 0.25) is 0 Å². The van der Waals surface area contributed by atoms with E-state index in [-0.39, 0.29) is 12.1 Å². The normalized spacial score (nSPS) is 9.96. The van der Waals surface area contributed by atoms with Gasteiger partial charge in [-0.15, -0.1) is 10.2 Å². The maximum absolute atomic E-state index is 14.4. The average molecular weight is 318 g/mol. The highest BCUT2D eigenvalue weighted by Gasteiger charge is 2.14. The lowest BCUT2D eigenvalue weighted by Gasteiger charge is -2.25. The summed E-state index contributed by atoms with van der Waals surface area (Å²) in [6, 6.07) is 15.4. The van der Waals surface area contributed by atoms with Gasteiger partial charge in [0.2, 0.25) is 0 Å². The van der Waals surface area contributed by atoms with E-state index in [1.165, 1.54) is 18.7 Å². The third-order valence-corrected chi connectivity index (χ3v) is 3.50. The molecule has 0 aliphatic carbocycles. The van der Waals surface area contributed by atoms with Gasteiger partial charge in [-0.2, -0.15) is 10.5 Å². The lowest BCUT2D eigenvalue weighted by atomic mass is 10.1. The van der Waals surface area contributed by atoms with Gasteiger partial charge in [0.15, 0.2) is 0 Å². The summed E-state index contributed by atoms with van der Waals surface area (Å²) in [5, 5.41) is 27.2. The molecule has 0 bridgehead atoms. The number of aromatic nitrogens is 3. The Balaban J connectivity index is 2.01. The maximum Gasteiger partial charge on any atom is 0.146 e. The van der Waals surface area contributed by atoms with Crippen LogP contribution >= 0.6 is 0 Å². The molecule has 7 heteroatoms. The number of nitrogens with zero attached hydrogens (tertiary/aromatic N) is 6. The van der Waals surface area contributed by atoms with Crippen molar-refractivity contribution in [1.82, 2.24) is 14.9 Å². The van der Waals surface area contributed by atoms with Crippen molar-refractivity contribution in [3.8, 4) is 12.1 Å². The van der Waals surface area contributed by atoms with E-state index in [9.17, 15) is 4.39 Å². The van der Waals surface area contributed by atoms with Gasteiger partial charge in [-0.25, -0.2) is 9.07 Å². The summed E-state index contributed by atoms with van der Waals surface area (Å²) in [6.07, 6.45) is 2.98. The number of nitriles is 2. The molecule has 0 aliphatic rings. The van der Waals surface area contributed by atoms with Gasteiger partial charge < -0.3 is 0 Å². The lowest BCUT2D eigenvalue weighted by molar-refractivity contribution is 0.589. The molecular weight excluding hydrogens is 307 g/mol. The Kier molecular flexibility index (Phi) is 4.17. The third-order valence-electron chi connectivity index (χ3n) is 3.50. The van der Waals surface area contributed by atoms with E-state index in [1.807, 2.05) is 6.07 Å². The summed E-state index contributed by atoms with van der Waals surface area (Å²) in [5.41, 5.74) is 1.62. The van der Waals surface area contributed by atoms with Gasteiger partial charge in [0.05, 0.1) is 29.4 Å². The van der Waals surface area contributed by atoms with Crippen molar-refractivity contribution in [1.29, 1.82) is 10.5 Å². The highest BCUT2D eigenvalue weighted by atomic mass is 19.1. The Morgan fingerprint density at radius 3 is 2.33 bits per heavy atom. The van der Waals surface area contributed by atoms with E-state index in [0.29, 0.717) is 11.1 Å². The largest absolute Gasteiger partial charge is 0.274 e. The molecule has 6 nitrogen and oxygen atoms in total. The first kappa shape index (κ1) is 15.2. The molecule has 0 spiro atoms. The summed E-state index contributed by atoms with van der Waals surface area (Å²) in [4.78, 5) is 0. The molecule has 116 valence electrons. The van der Waals surface area contributed by atoms with E-state index >= 15 is 0 Å². The van der Waals surface area contributed by atoms with E-state index < -0.39 is 5.82 Å². The number of hydrogen-bond donors (Lipinski definition) is 0. The Labute approximate surface area is 137 Å². The fraction of sp³-hybridized carbons (Fsp3) is 0.0588. The number of halogens is 1. The quantitative estimate of drug-likeness (QED) is 0.738. The summed E-state index contributed by atoms with van der Waals surface area (Å²) in [6.45, 7) is 0.172. The van der Waals surface area contributed by atoms with E-state index in [2.05, 4.69) is 16.3 Å². The van der Waals surface area contributed by atoms with E-state index in [0.717, 1.165) is 5.69 Å². The smallest absolute Gasteiger partial charge is 0.146 e. The van der Waals surface area contributed by atoms with Crippen molar-refractivity contribution < 1.29 is 4.39 Å². The number of anilines is 1. The predicted octanol–water partition coefficient (Wildman–Crippen LogP) is 2.63. The molecule has 0 atom stereocenters. The van der Waals surface area contributed by atoms with Crippen LogP contribution in [-0.4, -0.2) is 14.9 Å². The molecule has 2 aromatic carbocycles. The number of benzene rings is 2. The molecule has 1 aromatic heterocycles. The predicted molar refractivity (Wildman–Crippen MR) is 83.9 cm³/mol. The van der Waals surface area contributed by atoms with Crippen molar-refractivity contribution in [2.45, 2.75) is 6.54 Å². The van der Waals surface area contributed by atoms with Crippen molar-refractivity contribution in [3.63, 3.8) is 0 Å².